The van der Waals surface area contributed by atoms with Crippen LogP contribution in [0.2, 0.25) is 0 Å². The number of rotatable bonds is 5. The minimum atomic E-state index is 0.824. The molecule has 1 aromatic heterocycles. The van der Waals surface area contributed by atoms with Gasteiger partial charge in [-0.05, 0) is 26.0 Å². The molecule has 18 heavy (non-hydrogen) atoms. The van der Waals surface area contributed by atoms with Crippen LogP contribution in [0.5, 0.6) is 5.75 Å². The quantitative estimate of drug-likeness (QED) is 0.880. The van der Waals surface area contributed by atoms with Crippen molar-refractivity contribution in [3.8, 4) is 5.75 Å². The molecule has 4 nitrogen and oxygen atoms in total. The lowest BCUT2D eigenvalue weighted by atomic mass is 10.2. The molecule has 1 aromatic carbocycles. The SMILES string of the molecule is CCN(Cc1cnc(C)[nH]1)c1cccc(OC)c1. The van der Waals surface area contributed by atoms with Gasteiger partial charge in [-0.25, -0.2) is 4.98 Å². The highest BCUT2D eigenvalue weighted by molar-refractivity contribution is 5.50. The van der Waals surface area contributed by atoms with Crippen molar-refractivity contribution in [2.75, 3.05) is 18.6 Å². The van der Waals surface area contributed by atoms with Gasteiger partial charge in [-0.15, -0.1) is 0 Å². The first-order valence-electron chi connectivity index (χ1n) is 6.12. The van der Waals surface area contributed by atoms with Crippen LogP contribution in [0.25, 0.3) is 0 Å². The molecule has 1 N–H and O–H groups in total. The van der Waals surface area contributed by atoms with E-state index in [0.29, 0.717) is 0 Å². The van der Waals surface area contributed by atoms with Crippen LogP contribution >= 0.6 is 0 Å². The molecule has 0 aliphatic carbocycles. The van der Waals surface area contributed by atoms with Crippen LogP contribution in [-0.2, 0) is 6.54 Å². The summed E-state index contributed by atoms with van der Waals surface area (Å²) >= 11 is 0. The van der Waals surface area contributed by atoms with Gasteiger partial charge in [0.25, 0.3) is 0 Å². The second-order valence-electron chi connectivity index (χ2n) is 4.21. The zero-order chi connectivity index (χ0) is 13.0. The summed E-state index contributed by atoms with van der Waals surface area (Å²) in [5.41, 5.74) is 2.28. The fourth-order valence-electron chi connectivity index (χ4n) is 1.95. The van der Waals surface area contributed by atoms with Crippen molar-refractivity contribution < 1.29 is 4.74 Å². The summed E-state index contributed by atoms with van der Waals surface area (Å²) in [6.07, 6.45) is 1.89. The molecule has 0 bridgehead atoms. The number of aromatic amines is 1. The van der Waals surface area contributed by atoms with Gasteiger partial charge in [-0.2, -0.15) is 0 Å². The van der Waals surface area contributed by atoms with Crippen molar-refractivity contribution in [3.05, 3.63) is 42.0 Å². The van der Waals surface area contributed by atoms with E-state index in [-0.39, 0.29) is 0 Å². The van der Waals surface area contributed by atoms with Gasteiger partial charge in [-0.3, -0.25) is 0 Å². The fraction of sp³-hybridized carbons (Fsp3) is 0.357. The Labute approximate surface area is 108 Å². The van der Waals surface area contributed by atoms with Crippen LogP contribution in [0.4, 0.5) is 5.69 Å². The molecule has 0 fully saturated rings. The number of aryl methyl sites for hydroxylation is 1. The molecule has 0 spiro atoms. The molecule has 1 heterocycles. The average molecular weight is 245 g/mol. The lowest BCUT2D eigenvalue weighted by Gasteiger charge is -2.22. The summed E-state index contributed by atoms with van der Waals surface area (Å²) in [4.78, 5) is 9.75. The molecule has 0 unspecified atom stereocenters. The minimum Gasteiger partial charge on any atom is -0.497 e. The number of H-pyrrole nitrogens is 1. The third kappa shape index (κ3) is 2.83. The first-order chi connectivity index (χ1) is 8.72. The second-order valence-corrected chi connectivity index (χ2v) is 4.21. The van der Waals surface area contributed by atoms with Crippen LogP contribution in [0.1, 0.15) is 18.4 Å². The van der Waals surface area contributed by atoms with Crippen molar-refractivity contribution >= 4 is 5.69 Å². The molecule has 0 aliphatic heterocycles. The van der Waals surface area contributed by atoms with Crippen LogP contribution in [0.15, 0.2) is 30.5 Å². The number of anilines is 1. The van der Waals surface area contributed by atoms with E-state index < -0.39 is 0 Å². The third-order valence-electron chi connectivity index (χ3n) is 2.92. The van der Waals surface area contributed by atoms with Crippen molar-refractivity contribution in [1.82, 2.24) is 9.97 Å². The molecule has 0 saturated heterocycles. The number of aromatic nitrogens is 2. The molecular formula is C14H19N3O. The van der Waals surface area contributed by atoms with Crippen molar-refractivity contribution in [3.63, 3.8) is 0 Å². The van der Waals surface area contributed by atoms with Gasteiger partial charge in [0.1, 0.15) is 11.6 Å². The summed E-state index contributed by atoms with van der Waals surface area (Å²) in [6.45, 7) is 5.86. The van der Waals surface area contributed by atoms with Gasteiger partial charge in [0.15, 0.2) is 0 Å². The monoisotopic (exact) mass is 245 g/mol. The van der Waals surface area contributed by atoms with Gasteiger partial charge in [0, 0.05) is 18.3 Å². The molecule has 0 amide bonds. The van der Waals surface area contributed by atoms with Crippen LogP contribution in [0, 0.1) is 6.92 Å². The average Bonchev–Trinajstić information content (AvgIpc) is 2.81. The fourth-order valence-corrected chi connectivity index (χ4v) is 1.95. The van der Waals surface area contributed by atoms with Gasteiger partial charge in [0.05, 0.1) is 25.5 Å². The van der Waals surface area contributed by atoms with E-state index in [0.717, 1.165) is 36.0 Å². The van der Waals surface area contributed by atoms with Gasteiger partial charge in [-0.1, -0.05) is 6.07 Å². The maximum absolute atomic E-state index is 5.26. The summed E-state index contributed by atoms with van der Waals surface area (Å²) in [6, 6.07) is 8.11. The van der Waals surface area contributed by atoms with Crippen LogP contribution in [0.3, 0.4) is 0 Å². The number of benzene rings is 1. The van der Waals surface area contributed by atoms with Crippen LogP contribution < -0.4 is 9.64 Å². The number of nitrogens with zero attached hydrogens (tertiary/aromatic N) is 2. The Hall–Kier alpha value is -1.97. The lowest BCUT2D eigenvalue weighted by Crippen LogP contribution is -2.22. The number of imidazole rings is 1. The molecular weight excluding hydrogens is 226 g/mol. The summed E-state index contributed by atoms with van der Waals surface area (Å²) in [5, 5.41) is 0. The van der Waals surface area contributed by atoms with Gasteiger partial charge >= 0.3 is 0 Å². The Balaban J connectivity index is 2.17. The summed E-state index contributed by atoms with van der Waals surface area (Å²) in [7, 11) is 1.69. The minimum absolute atomic E-state index is 0.824. The van der Waals surface area contributed by atoms with E-state index in [1.54, 1.807) is 7.11 Å². The zero-order valence-electron chi connectivity index (χ0n) is 11.1. The molecule has 4 heteroatoms. The Bertz CT molecular complexity index is 507. The van der Waals surface area contributed by atoms with Crippen molar-refractivity contribution in [2.24, 2.45) is 0 Å². The third-order valence-corrected chi connectivity index (χ3v) is 2.92. The highest BCUT2D eigenvalue weighted by Crippen LogP contribution is 2.22. The molecule has 0 aliphatic rings. The van der Waals surface area contributed by atoms with E-state index in [1.165, 1.54) is 0 Å². The highest BCUT2D eigenvalue weighted by atomic mass is 16.5. The molecule has 2 aromatic rings. The Morgan fingerprint density at radius 1 is 1.39 bits per heavy atom. The molecule has 2 rings (SSSR count). The Morgan fingerprint density at radius 3 is 2.83 bits per heavy atom. The maximum Gasteiger partial charge on any atom is 0.120 e. The smallest absolute Gasteiger partial charge is 0.120 e. The second kappa shape index (κ2) is 5.58. The first-order valence-corrected chi connectivity index (χ1v) is 6.12. The number of methoxy groups -OCH3 is 1. The summed E-state index contributed by atoms with van der Waals surface area (Å²) < 4.78 is 5.26. The highest BCUT2D eigenvalue weighted by Gasteiger charge is 2.07. The summed E-state index contributed by atoms with van der Waals surface area (Å²) in [5.74, 6) is 1.83. The van der Waals surface area contributed by atoms with Crippen molar-refractivity contribution in [1.29, 1.82) is 0 Å². The number of hydrogen-bond donors (Lipinski definition) is 1. The lowest BCUT2D eigenvalue weighted by molar-refractivity contribution is 0.415. The zero-order valence-corrected chi connectivity index (χ0v) is 11.1. The number of hydrogen-bond acceptors (Lipinski definition) is 3. The van der Waals surface area contributed by atoms with Gasteiger partial charge in [0.2, 0.25) is 0 Å². The standard InChI is InChI=1S/C14H19N3O/c1-4-17(10-12-9-15-11(2)16-12)13-6-5-7-14(8-13)18-3/h5-9H,4,10H2,1-3H3,(H,15,16). The molecule has 0 radical (unpaired) electrons. The molecule has 96 valence electrons. The number of ether oxygens (including phenoxy) is 1. The van der Waals surface area contributed by atoms with Crippen molar-refractivity contribution in [2.45, 2.75) is 20.4 Å². The predicted molar refractivity (Wildman–Crippen MR) is 73.0 cm³/mol. The van der Waals surface area contributed by atoms with E-state index in [4.69, 9.17) is 4.74 Å². The van der Waals surface area contributed by atoms with E-state index in [9.17, 15) is 0 Å². The van der Waals surface area contributed by atoms with E-state index in [2.05, 4.69) is 27.9 Å². The van der Waals surface area contributed by atoms with Crippen LogP contribution in [-0.4, -0.2) is 23.6 Å². The Kier molecular flexibility index (Phi) is 3.87. The first kappa shape index (κ1) is 12.5. The topological polar surface area (TPSA) is 41.2 Å². The molecule has 0 saturated carbocycles. The predicted octanol–water partition coefficient (Wildman–Crippen LogP) is 2.75. The maximum atomic E-state index is 5.26. The normalized spacial score (nSPS) is 10.4. The van der Waals surface area contributed by atoms with Gasteiger partial charge < -0.3 is 14.6 Å². The number of nitrogens with one attached hydrogen (secondary N) is 1. The van der Waals surface area contributed by atoms with E-state index in [1.807, 2.05) is 31.3 Å². The molecule has 0 atom stereocenters. The van der Waals surface area contributed by atoms with E-state index >= 15 is 0 Å². The Morgan fingerprint density at radius 2 is 2.22 bits per heavy atom. The largest absolute Gasteiger partial charge is 0.497 e.